The predicted octanol–water partition coefficient (Wildman–Crippen LogP) is 0.364. The maximum Gasteiger partial charge on any atom is 0.321 e. The van der Waals surface area contributed by atoms with E-state index in [0.29, 0.717) is 38.4 Å². The van der Waals surface area contributed by atoms with E-state index < -0.39 is 18.0 Å². The van der Waals surface area contributed by atoms with Crippen molar-refractivity contribution in [2.75, 3.05) is 46.4 Å². The molecule has 142 valence electrons. The fraction of sp³-hybridized carbons (Fsp3) is 0.500. The summed E-state index contributed by atoms with van der Waals surface area (Å²) in [6, 6.07) is 7.80. The van der Waals surface area contributed by atoms with E-state index in [1.807, 2.05) is 18.2 Å². The Kier molecular flexibility index (Phi) is 7.55. The van der Waals surface area contributed by atoms with E-state index in [2.05, 4.69) is 10.6 Å². The van der Waals surface area contributed by atoms with Crippen molar-refractivity contribution in [2.45, 2.75) is 13.0 Å². The molecule has 1 aliphatic rings. The van der Waals surface area contributed by atoms with Gasteiger partial charge in [0.2, 0.25) is 11.8 Å². The highest BCUT2D eigenvalue weighted by Gasteiger charge is 2.29. The van der Waals surface area contributed by atoms with Gasteiger partial charge >= 0.3 is 6.03 Å². The highest BCUT2D eigenvalue weighted by atomic mass is 16.5. The van der Waals surface area contributed by atoms with E-state index in [9.17, 15) is 14.4 Å². The SMILES string of the molecule is CCNC(=O)NC(=O)[C@H](c1ccccc1)N(C)CC(=O)N1CCOCC1. The minimum Gasteiger partial charge on any atom is -0.378 e. The van der Waals surface area contributed by atoms with Crippen molar-refractivity contribution in [3.63, 3.8) is 0 Å². The molecule has 0 spiro atoms. The summed E-state index contributed by atoms with van der Waals surface area (Å²) in [6.07, 6.45) is 0. The quantitative estimate of drug-likeness (QED) is 0.763. The molecule has 1 aromatic carbocycles. The molecule has 4 amide bonds. The first-order valence-corrected chi connectivity index (χ1v) is 8.72. The summed E-state index contributed by atoms with van der Waals surface area (Å²) < 4.78 is 5.26. The second-order valence-electron chi connectivity index (χ2n) is 6.07. The van der Waals surface area contributed by atoms with Crippen molar-refractivity contribution < 1.29 is 19.1 Å². The summed E-state index contributed by atoms with van der Waals surface area (Å²) in [5.74, 6) is -0.540. The van der Waals surface area contributed by atoms with Gasteiger partial charge in [0.05, 0.1) is 19.8 Å². The van der Waals surface area contributed by atoms with E-state index >= 15 is 0 Å². The van der Waals surface area contributed by atoms with Gasteiger partial charge in [-0.25, -0.2) is 4.79 Å². The van der Waals surface area contributed by atoms with Gasteiger partial charge in [0.1, 0.15) is 6.04 Å². The molecule has 2 rings (SSSR count). The maximum atomic E-state index is 12.7. The van der Waals surface area contributed by atoms with Crippen molar-refractivity contribution in [1.29, 1.82) is 0 Å². The first-order chi connectivity index (χ1) is 12.5. The zero-order valence-electron chi connectivity index (χ0n) is 15.2. The van der Waals surface area contributed by atoms with Crippen LogP contribution in [0.15, 0.2) is 30.3 Å². The van der Waals surface area contributed by atoms with Gasteiger partial charge in [0.15, 0.2) is 0 Å². The summed E-state index contributed by atoms with van der Waals surface area (Å²) in [4.78, 5) is 40.3. The number of amides is 4. The molecular weight excluding hydrogens is 336 g/mol. The molecule has 1 atom stereocenters. The van der Waals surface area contributed by atoms with E-state index in [1.165, 1.54) is 0 Å². The van der Waals surface area contributed by atoms with Crippen LogP contribution in [0.2, 0.25) is 0 Å². The number of nitrogens with zero attached hydrogens (tertiary/aromatic N) is 2. The molecule has 1 saturated heterocycles. The number of carbonyl (C=O) groups excluding carboxylic acids is 3. The van der Waals surface area contributed by atoms with Gasteiger partial charge in [-0.15, -0.1) is 0 Å². The van der Waals surface area contributed by atoms with Crippen LogP contribution in [0.25, 0.3) is 0 Å². The highest BCUT2D eigenvalue weighted by molar-refractivity contribution is 5.97. The number of rotatable bonds is 6. The van der Waals surface area contributed by atoms with Gasteiger partial charge in [-0.1, -0.05) is 30.3 Å². The molecule has 2 N–H and O–H groups in total. The third-order valence-electron chi connectivity index (χ3n) is 4.13. The van der Waals surface area contributed by atoms with Crippen molar-refractivity contribution in [3.8, 4) is 0 Å². The highest BCUT2D eigenvalue weighted by Crippen LogP contribution is 2.19. The smallest absolute Gasteiger partial charge is 0.321 e. The number of urea groups is 1. The van der Waals surface area contributed by atoms with Gasteiger partial charge in [-0.2, -0.15) is 0 Å². The van der Waals surface area contributed by atoms with Crippen LogP contribution in [-0.2, 0) is 14.3 Å². The molecule has 0 bridgehead atoms. The average Bonchev–Trinajstić information content (AvgIpc) is 2.63. The zero-order chi connectivity index (χ0) is 18.9. The first kappa shape index (κ1) is 19.9. The Bertz CT molecular complexity index is 617. The average molecular weight is 362 g/mol. The molecule has 8 heteroatoms. The molecular formula is C18H26N4O4. The predicted molar refractivity (Wildman–Crippen MR) is 96.4 cm³/mol. The van der Waals surface area contributed by atoms with Crippen LogP contribution in [0.4, 0.5) is 4.79 Å². The van der Waals surface area contributed by atoms with Crippen molar-refractivity contribution in [3.05, 3.63) is 35.9 Å². The van der Waals surface area contributed by atoms with E-state index in [0.717, 1.165) is 0 Å². The van der Waals surface area contributed by atoms with Crippen LogP contribution in [0.3, 0.4) is 0 Å². The normalized spacial score (nSPS) is 15.4. The van der Waals surface area contributed by atoms with Crippen LogP contribution >= 0.6 is 0 Å². The van der Waals surface area contributed by atoms with Gasteiger partial charge in [0, 0.05) is 19.6 Å². The van der Waals surface area contributed by atoms with E-state index in [4.69, 9.17) is 4.74 Å². The Labute approximate surface area is 153 Å². The fourth-order valence-corrected chi connectivity index (χ4v) is 2.84. The summed E-state index contributed by atoms with van der Waals surface area (Å²) in [5, 5.41) is 4.87. The molecule has 1 fully saturated rings. The number of imide groups is 1. The largest absolute Gasteiger partial charge is 0.378 e. The monoisotopic (exact) mass is 362 g/mol. The van der Waals surface area contributed by atoms with Crippen LogP contribution in [-0.4, -0.2) is 74.1 Å². The number of hydrogen-bond acceptors (Lipinski definition) is 5. The topological polar surface area (TPSA) is 91.0 Å². The number of hydrogen-bond donors (Lipinski definition) is 2. The molecule has 1 aliphatic heterocycles. The second kappa shape index (κ2) is 9.88. The van der Waals surface area contributed by atoms with Crippen LogP contribution in [0.1, 0.15) is 18.5 Å². The molecule has 1 aromatic rings. The van der Waals surface area contributed by atoms with Crippen molar-refractivity contribution >= 4 is 17.8 Å². The number of nitrogens with one attached hydrogen (secondary N) is 2. The molecule has 0 radical (unpaired) electrons. The number of carbonyl (C=O) groups is 3. The number of morpholine rings is 1. The fourth-order valence-electron chi connectivity index (χ4n) is 2.84. The molecule has 26 heavy (non-hydrogen) atoms. The lowest BCUT2D eigenvalue weighted by Crippen LogP contribution is -2.49. The molecule has 1 heterocycles. The third-order valence-corrected chi connectivity index (χ3v) is 4.13. The number of likely N-dealkylation sites (N-methyl/N-ethyl adjacent to an activating group) is 1. The lowest BCUT2D eigenvalue weighted by molar-refractivity contribution is -0.137. The maximum absolute atomic E-state index is 12.7. The van der Waals surface area contributed by atoms with Crippen LogP contribution < -0.4 is 10.6 Å². The Morgan fingerprint density at radius 3 is 2.46 bits per heavy atom. The third kappa shape index (κ3) is 5.53. The van der Waals surface area contributed by atoms with Gasteiger partial charge in [-0.05, 0) is 19.5 Å². The minimum atomic E-state index is -0.746. The summed E-state index contributed by atoms with van der Waals surface area (Å²) in [7, 11) is 1.70. The van der Waals surface area contributed by atoms with Crippen molar-refractivity contribution in [1.82, 2.24) is 20.4 Å². The van der Waals surface area contributed by atoms with E-state index in [1.54, 1.807) is 35.9 Å². The summed E-state index contributed by atoms with van der Waals surface area (Å²) >= 11 is 0. The molecule has 0 saturated carbocycles. The lowest BCUT2D eigenvalue weighted by Gasteiger charge is -2.31. The van der Waals surface area contributed by atoms with Crippen LogP contribution in [0.5, 0.6) is 0 Å². The van der Waals surface area contributed by atoms with Gasteiger partial charge < -0.3 is 15.0 Å². The van der Waals surface area contributed by atoms with Crippen LogP contribution in [0, 0.1) is 0 Å². The minimum absolute atomic E-state index is 0.0671. The number of benzene rings is 1. The molecule has 0 aliphatic carbocycles. The Hall–Kier alpha value is -2.45. The van der Waals surface area contributed by atoms with E-state index in [-0.39, 0.29) is 12.5 Å². The molecule has 0 unspecified atom stereocenters. The number of ether oxygens (including phenoxy) is 1. The Balaban J connectivity index is 2.10. The Morgan fingerprint density at radius 1 is 1.19 bits per heavy atom. The Morgan fingerprint density at radius 2 is 1.85 bits per heavy atom. The van der Waals surface area contributed by atoms with Gasteiger partial charge in [0.25, 0.3) is 0 Å². The second-order valence-corrected chi connectivity index (χ2v) is 6.07. The zero-order valence-corrected chi connectivity index (χ0v) is 15.2. The van der Waals surface area contributed by atoms with Gasteiger partial charge in [-0.3, -0.25) is 19.8 Å². The lowest BCUT2D eigenvalue weighted by atomic mass is 10.0. The summed E-state index contributed by atoms with van der Waals surface area (Å²) in [5.41, 5.74) is 0.714. The molecule has 8 nitrogen and oxygen atoms in total. The molecule has 0 aromatic heterocycles. The van der Waals surface area contributed by atoms with Crippen molar-refractivity contribution in [2.24, 2.45) is 0 Å². The first-order valence-electron chi connectivity index (χ1n) is 8.72. The standard InChI is InChI=1S/C18H26N4O4/c1-3-19-18(25)20-17(24)16(14-7-5-4-6-8-14)21(2)13-15(23)22-9-11-26-12-10-22/h4-8,16H,3,9-13H2,1-2H3,(H2,19,20,24,25)/t16-/m0/s1. The summed E-state index contributed by atoms with van der Waals surface area (Å²) in [6.45, 7) is 4.40.